The maximum atomic E-state index is 12.9. The lowest BCUT2D eigenvalue weighted by Crippen LogP contribution is -2.29. The van der Waals surface area contributed by atoms with Crippen LogP contribution >= 0.6 is 0 Å². The fourth-order valence-electron chi connectivity index (χ4n) is 3.40. The van der Waals surface area contributed by atoms with Crippen LogP contribution in [-0.4, -0.2) is 20.9 Å². The molecule has 26 heavy (non-hydrogen) atoms. The third kappa shape index (κ3) is 2.86. The number of pyridine rings is 1. The standard InChI is InChI=1S/C22H18N2O2/c25-21-19(17-9-3-1-4-10-17)20(18-11-5-2-6-12-18)24(22(21)26)15-16-8-7-13-23-14-16/h1-14,20,25H,15H2/t20-/m1/s1. The lowest BCUT2D eigenvalue weighted by atomic mass is 9.93. The maximum absolute atomic E-state index is 12.9. The van der Waals surface area contributed by atoms with Crippen LogP contribution in [0.25, 0.3) is 5.57 Å². The number of aliphatic hydroxyl groups excluding tert-OH is 1. The van der Waals surface area contributed by atoms with Crippen molar-refractivity contribution in [2.75, 3.05) is 0 Å². The third-order valence-electron chi connectivity index (χ3n) is 4.58. The van der Waals surface area contributed by atoms with E-state index in [1.165, 1.54) is 0 Å². The molecule has 3 aromatic rings. The van der Waals surface area contributed by atoms with Crippen molar-refractivity contribution in [1.82, 2.24) is 9.88 Å². The van der Waals surface area contributed by atoms with Crippen molar-refractivity contribution in [3.8, 4) is 0 Å². The van der Waals surface area contributed by atoms with Gasteiger partial charge in [-0.2, -0.15) is 0 Å². The molecule has 2 heterocycles. The molecule has 1 N–H and O–H groups in total. The number of amides is 1. The maximum Gasteiger partial charge on any atom is 0.290 e. The van der Waals surface area contributed by atoms with Gasteiger partial charge in [0.15, 0.2) is 5.76 Å². The van der Waals surface area contributed by atoms with Gasteiger partial charge in [0.05, 0.1) is 6.04 Å². The van der Waals surface area contributed by atoms with Gasteiger partial charge in [-0.3, -0.25) is 9.78 Å². The summed E-state index contributed by atoms with van der Waals surface area (Å²) in [6.07, 6.45) is 3.45. The topological polar surface area (TPSA) is 53.4 Å². The first-order chi connectivity index (χ1) is 12.8. The Morgan fingerprint density at radius 3 is 2.27 bits per heavy atom. The molecule has 0 fully saturated rings. The van der Waals surface area contributed by atoms with E-state index in [0.717, 1.165) is 16.7 Å². The molecule has 1 aliphatic rings. The van der Waals surface area contributed by atoms with Gasteiger partial charge >= 0.3 is 0 Å². The van der Waals surface area contributed by atoms with Gasteiger partial charge in [-0.25, -0.2) is 0 Å². The Kier molecular flexibility index (Phi) is 4.23. The minimum Gasteiger partial charge on any atom is -0.503 e. The second kappa shape index (κ2) is 6.84. The van der Waals surface area contributed by atoms with Crippen molar-refractivity contribution >= 4 is 11.5 Å². The predicted octanol–water partition coefficient (Wildman–Crippen LogP) is 4.13. The minimum atomic E-state index is -0.360. The molecule has 1 amide bonds. The Balaban J connectivity index is 1.81. The van der Waals surface area contributed by atoms with Crippen LogP contribution in [0.4, 0.5) is 0 Å². The Morgan fingerprint density at radius 2 is 1.62 bits per heavy atom. The van der Waals surface area contributed by atoms with Gasteiger partial charge in [-0.15, -0.1) is 0 Å². The molecule has 4 heteroatoms. The molecule has 0 saturated carbocycles. The van der Waals surface area contributed by atoms with E-state index >= 15 is 0 Å². The lowest BCUT2D eigenvalue weighted by molar-refractivity contribution is -0.130. The molecule has 0 spiro atoms. The molecule has 0 radical (unpaired) electrons. The zero-order valence-electron chi connectivity index (χ0n) is 14.1. The molecule has 2 aromatic carbocycles. The molecule has 4 rings (SSSR count). The highest BCUT2D eigenvalue weighted by atomic mass is 16.3. The van der Waals surface area contributed by atoms with Crippen LogP contribution in [0.1, 0.15) is 22.7 Å². The van der Waals surface area contributed by atoms with E-state index in [1.807, 2.05) is 72.8 Å². The van der Waals surface area contributed by atoms with Gasteiger partial charge in [-0.1, -0.05) is 66.7 Å². The van der Waals surface area contributed by atoms with Crippen molar-refractivity contribution in [3.63, 3.8) is 0 Å². The molecule has 0 saturated heterocycles. The summed E-state index contributed by atoms with van der Waals surface area (Å²) >= 11 is 0. The average Bonchev–Trinajstić information content (AvgIpc) is 2.95. The normalized spacial score (nSPS) is 17.0. The fraction of sp³-hybridized carbons (Fsp3) is 0.0909. The number of hydrogen-bond acceptors (Lipinski definition) is 3. The first kappa shape index (κ1) is 16.1. The number of aromatic nitrogens is 1. The molecular weight excluding hydrogens is 324 g/mol. The zero-order valence-corrected chi connectivity index (χ0v) is 14.1. The van der Waals surface area contributed by atoms with Gasteiger partial charge in [0.1, 0.15) is 0 Å². The van der Waals surface area contributed by atoms with E-state index in [1.54, 1.807) is 17.3 Å². The monoisotopic (exact) mass is 342 g/mol. The van der Waals surface area contributed by atoms with Crippen LogP contribution in [0, 0.1) is 0 Å². The average molecular weight is 342 g/mol. The number of carbonyl (C=O) groups excluding carboxylic acids is 1. The number of aliphatic hydroxyl groups is 1. The number of rotatable bonds is 4. The van der Waals surface area contributed by atoms with E-state index in [2.05, 4.69) is 4.98 Å². The van der Waals surface area contributed by atoms with Gasteiger partial charge in [0.2, 0.25) is 0 Å². The van der Waals surface area contributed by atoms with E-state index in [4.69, 9.17) is 0 Å². The highest BCUT2D eigenvalue weighted by Crippen LogP contribution is 2.43. The van der Waals surface area contributed by atoms with Crippen LogP contribution in [0.2, 0.25) is 0 Å². The van der Waals surface area contributed by atoms with Crippen molar-refractivity contribution < 1.29 is 9.90 Å². The Bertz CT molecular complexity index is 938. The summed E-state index contributed by atoms with van der Waals surface area (Å²) in [6.45, 7) is 0.382. The molecule has 128 valence electrons. The number of hydrogen-bond donors (Lipinski definition) is 1. The van der Waals surface area contributed by atoms with Crippen molar-refractivity contribution in [1.29, 1.82) is 0 Å². The van der Waals surface area contributed by atoms with Crippen molar-refractivity contribution in [2.24, 2.45) is 0 Å². The molecule has 0 unspecified atom stereocenters. The second-order valence-corrected chi connectivity index (χ2v) is 6.24. The van der Waals surface area contributed by atoms with Crippen molar-refractivity contribution in [2.45, 2.75) is 12.6 Å². The molecule has 0 aliphatic carbocycles. The fourth-order valence-corrected chi connectivity index (χ4v) is 3.40. The summed E-state index contributed by atoms with van der Waals surface area (Å²) in [7, 11) is 0. The number of carbonyl (C=O) groups is 1. The summed E-state index contributed by atoms with van der Waals surface area (Å²) in [5.74, 6) is -0.546. The van der Waals surface area contributed by atoms with Gasteiger partial charge in [-0.05, 0) is 22.8 Å². The van der Waals surface area contributed by atoms with E-state index in [-0.39, 0.29) is 17.7 Å². The van der Waals surface area contributed by atoms with E-state index < -0.39 is 0 Å². The minimum absolute atomic E-state index is 0.186. The summed E-state index contributed by atoms with van der Waals surface area (Å²) in [6, 6.07) is 22.8. The Morgan fingerprint density at radius 1 is 0.923 bits per heavy atom. The summed E-state index contributed by atoms with van der Waals surface area (Å²) in [5.41, 5.74) is 3.38. The van der Waals surface area contributed by atoms with E-state index in [9.17, 15) is 9.90 Å². The van der Waals surface area contributed by atoms with Crippen LogP contribution in [0.15, 0.2) is 90.9 Å². The van der Waals surface area contributed by atoms with Gasteiger partial charge < -0.3 is 10.0 Å². The predicted molar refractivity (Wildman–Crippen MR) is 100.0 cm³/mol. The lowest BCUT2D eigenvalue weighted by Gasteiger charge is -2.27. The summed E-state index contributed by atoms with van der Waals surface area (Å²) in [5, 5.41) is 10.7. The first-order valence-corrected chi connectivity index (χ1v) is 8.49. The van der Waals surface area contributed by atoms with Crippen LogP contribution in [-0.2, 0) is 11.3 Å². The molecule has 4 nitrogen and oxygen atoms in total. The molecule has 1 aromatic heterocycles. The van der Waals surface area contributed by atoms with Crippen LogP contribution in [0.5, 0.6) is 0 Å². The van der Waals surface area contributed by atoms with Gasteiger partial charge in [0.25, 0.3) is 5.91 Å². The SMILES string of the molecule is O=C1C(O)=C(c2ccccc2)[C@@H](c2ccccc2)N1Cc1cccnc1. The Labute approximate surface area is 152 Å². The molecular formula is C22H18N2O2. The van der Waals surface area contributed by atoms with Crippen LogP contribution in [0.3, 0.4) is 0 Å². The Hall–Kier alpha value is -3.40. The van der Waals surface area contributed by atoms with Gasteiger partial charge in [0, 0.05) is 24.5 Å². The summed E-state index contributed by atoms with van der Waals surface area (Å²) in [4.78, 5) is 18.7. The number of benzene rings is 2. The van der Waals surface area contributed by atoms with Crippen LogP contribution < -0.4 is 0 Å². The highest BCUT2D eigenvalue weighted by molar-refractivity contribution is 6.05. The molecule has 1 aliphatic heterocycles. The number of nitrogens with zero attached hydrogens (tertiary/aromatic N) is 2. The second-order valence-electron chi connectivity index (χ2n) is 6.24. The third-order valence-corrected chi connectivity index (χ3v) is 4.58. The van der Waals surface area contributed by atoms with Crippen molar-refractivity contribution in [3.05, 3.63) is 108 Å². The quantitative estimate of drug-likeness (QED) is 0.775. The smallest absolute Gasteiger partial charge is 0.290 e. The highest BCUT2D eigenvalue weighted by Gasteiger charge is 2.40. The summed E-state index contributed by atoms with van der Waals surface area (Å²) < 4.78 is 0. The zero-order chi connectivity index (χ0) is 17.9. The molecule has 1 atom stereocenters. The molecule has 0 bridgehead atoms. The van der Waals surface area contributed by atoms with E-state index in [0.29, 0.717) is 12.1 Å². The largest absolute Gasteiger partial charge is 0.503 e. The first-order valence-electron chi connectivity index (χ1n) is 8.49.